The van der Waals surface area contributed by atoms with E-state index in [1.807, 2.05) is 0 Å². The topological polar surface area (TPSA) is 66.4 Å². The minimum Gasteiger partial charge on any atom is -0.478 e. The Kier molecular flexibility index (Phi) is 4.59. The van der Waals surface area contributed by atoms with Gasteiger partial charge < -0.3 is 10.4 Å². The minimum atomic E-state index is -1.18. The first kappa shape index (κ1) is 15.5. The molecular weight excluding hydrogens is 365 g/mol. The molecule has 0 heterocycles. The fourth-order valence-corrected chi connectivity index (χ4v) is 2.12. The SMILES string of the molecule is O=C(Nc1cc(Br)ccc1C(=O)O)c1ccc(Cl)c(F)c1. The maximum atomic E-state index is 13.3. The third-order valence-electron chi connectivity index (χ3n) is 2.64. The van der Waals surface area contributed by atoms with E-state index in [-0.39, 0.29) is 21.8 Å². The first-order valence-electron chi connectivity index (χ1n) is 5.67. The Hall–Kier alpha value is -1.92. The highest BCUT2D eigenvalue weighted by Gasteiger charge is 2.15. The van der Waals surface area contributed by atoms with Gasteiger partial charge in [-0.3, -0.25) is 4.79 Å². The summed E-state index contributed by atoms with van der Waals surface area (Å²) < 4.78 is 13.9. The highest BCUT2D eigenvalue weighted by Crippen LogP contribution is 2.23. The van der Waals surface area contributed by atoms with Gasteiger partial charge >= 0.3 is 5.97 Å². The van der Waals surface area contributed by atoms with E-state index in [1.165, 1.54) is 24.3 Å². The number of nitrogens with one attached hydrogen (secondary N) is 1. The number of amides is 1. The standard InChI is InChI=1S/C14H8BrClFNO3/c15-8-2-3-9(14(20)21)12(6-8)18-13(19)7-1-4-10(16)11(17)5-7/h1-6H,(H,18,19)(H,20,21). The Morgan fingerprint density at radius 1 is 1.19 bits per heavy atom. The second-order valence-electron chi connectivity index (χ2n) is 4.08. The molecule has 2 aromatic rings. The molecule has 2 N–H and O–H groups in total. The van der Waals surface area contributed by atoms with Crippen LogP contribution in [0.15, 0.2) is 40.9 Å². The zero-order chi connectivity index (χ0) is 15.6. The molecule has 2 aromatic carbocycles. The van der Waals surface area contributed by atoms with Gasteiger partial charge in [-0.05, 0) is 36.4 Å². The predicted octanol–water partition coefficient (Wildman–Crippen LogP) is 4.19. The average Bonchev–Trinajstić information content (AvgIpc) is 2.41. The molecule has 0 aliphatic rings. The van der Waals surface area contributed by atoms with Crippen molar-refractivity contribution in [3.05, 3.63) is 62.8 Å². The van der Waals surface area contributed by atoms with Gasteiger partial charge in [-0.25, -0.2) is 9.18 Å². The first-order chi connectivity index (χ1) is 9.88. The summed E-state index contributed by atoms with van der Waals surface area (Å²) in [7, 11) is 0. The van der Waals surface area contributed by atoms with E-state index in [1.54, 1.807) is 6.07 Å². The molecule has 2 rings (SSSR count). The largest absolute Gasteiger partial charge is 0.478 e. The summed E-state index contributed by atoms with van der Waals surface area (Å²) >= 11 is 8.73. The van der Waals surface area contributed by atoms with Crippen molar-refractivity contribution < 1.29 is 19.1 Å². The summed E-state index contributed by atoms with van der Waals surface area (Å²) in [4.78, 5) is 23.1. The number of carboxylic acid groups (broad SMARTS) is 1. The zero-order valence-electron chi connectivity index (χ0n) is 10.4. The van der Waals surface area contributed by atoms with Crippen molar-refractivity contribution in [1.29, 1.82) is 0 Å². The zero-order valence-corrected chi connectivity index (χ0v) is 12.7. The lowest BCUT2D eigenvalue weighted by Gasteiger charge is -2.09. The Morgan fingerprint density at radius 2 is 1.90 bits per heavy atom. The van der Waals surface area contributed by atoms with Gasteiger partial charge in [0.25, 0.3) is 5.91 Å². The summed E-state index contributed by atoms with van der Waals surface area (Å²) in [6.07, 6.45) is 0. The quantitative estimate of drug-likeness (QED) is 0.849. The number of hydrogen-bond acceptors (Lipinski definition) is 2. The van der Waals surface area contributed by atoms with E-state index in [0.717, 1.165) is 6.07 Å². The lowest BCUT2D eigenvalue weighted by atomic mass is 10.1. The number of anilines is 1. The lowest BCUT2D eigenvalue weighted by molar-refractivity contribution is 0.0698. The van der Waals surface area contributed by atoms with E-state index in [0.29, 0.717) is 4.47 Å². The predicted molar refractivity (Wildman–Crippen MR) is 80.5 cm³/mol. The van der Waals surface area contributed by atoms with Crippen molar-refractivity contribution >= 4 is 45.1 Å². The first-order valence-corrected chi connectivity index (χ1v) is 6.85. The Bertz CT molecular complexity index is 736. The molecule has 0 saturated heterocycles. The van der Waals surface area contributed by atoms with Crippen LogP contribution in [0.2, 0.25) is 5.02 Å². The second kappa shape index (κ2) is 6.24. The normalized spacial score (nSPS) is 10.2. The third-order valence-corrected chi connectivity index (χ3v) is 3.44. The summed E-state index contributed by atoms with van der Waals surface area (Å²) in [6.45, 7) is 0. The van der Waals surface area contributed by atoms with E-state index in [2.05, 4.69) is 21.2 Å². The van der Waals surface area contributed by atoms with Gasteiger partial charge in [0.05, 0.1) is 16.3 Å². The molecule has 0 aliphatic carbocycles. The minimum absolute atomic E-state index is 0.0354. The molecule has 0 radical (unpaired) electrons. The maximum Gasteiger partial charge on any atom is 0.337 e. The number of carbonyl (C=O) groups is 2. The highest BCUT2D eigenvalue weighted by molar-refractivity contribution is 9.10. The molecule has 21 heavy (non-hydrogen) atoms. The molecule has 0 spiro atoms. The van der Waals surface area contributed by atoms with Crippen molar-refractivity contribution in [2.45, 2.75) is 0 Å². The van der Waals surface area contributed by atoms with Crippen molar-refractivity contribution in [2.24, 2.45) is 0 Å². The van der Waals surface area contributed by atoms with Crippen molar-refractivity contribution in [3.63, 3.8) is 0 Å². The van der Waals surface area contributed by atoms with Crippen molar-refractivity contribution in [2.75, 3.05) is 5.32 Å². The van der Waals surface area contributed by atoms with Crippen LogP contribution in [0.5, 0.6) is 0 Å². The number of carbonyl (C=O) groups excluding carboxylic acids is 1. The molecule has 0 aromatic heterocycles. The Balaban J connectivity index is 2.33. The molecule has 4 nitrogen and oxygen atoms in total. The summed E-state index contributed by atoms with van der Waals surface area (Å²) in [5, 5.41) is 11.4. The van der Waals surface area contributed by atoms with Crippen LogP contribution in [0, 0.1) is 5.82 Å². The fourth-order valence-electron chi connectivity index (χ4n) is 1.64. The highest BCUT2D eigenvalue weighted by atomic mass is 79.9. The molecule has 1 amide bonds. The lowest BCUT2D eigenvalue weighted by Crippen LogP contribution is -2.15. The average molecular weight is 373 g/mol. The number of hydrogen-bond donors (Lipinski definition) is 2. The number of carboxylic acids is 1. The van der Waals surface area contributed by atoms with Crippen LogP contribution in [-0.4, -0.2) is 17.0 Å². The molecular formula is C14H8BrClFNO3. The number of rotatable bonds is 3. The van der Waals surface area contributed by atoms with E-state index in [4.69, 9.17) is 16.7 Å². The summed E-state index contributed by atoms with van der Waals surface area (Å²) in [5.41, 5.74) is 0.0754. The van der Waals surface area contributed by atoms with Crippen LogP contribution in [0.4, 0.5) is 10.1 Å². The third kappa shape index (κ3) is 3.59. The van der Waals surface area contributed by atoms with Crippen LogP contribution in [0.1, 0.15) is 20.7 Å². The van der Waals surface area contributed by atoms with E-state index in [9.17, 15) is 14.0 Å². The Labute approximate surface area is 132 Å². The smallest absolute Gasteiger partial charge is 0.337 e. The van der Waals surface area contributed by atoms with Crippen LogP contribution >= 0.6 is 27.5 Å². The second-order valence-corrected chi connectivity index (χ2v) is 5.40. The molecule has 0 saturated carbocycles. The van der Waals surface area contributed by atoms with Crippen molar-refractivity contribution in [1.82, 2.24) is 0 Å². The molecule has 0 unspecified atom stereocenters. The molecule has 108 valence electrons. The monoisotopic (exact) mass is 371 g/mol. The van der Waals surface area contributed by atoms with Gasteiger partial charge in [0.2, 0.25) is 0 Å². The van der Waals surface area contributed by atoms with Crippen LogP contribution < -0.4 is 5.32 Å². The van der Waals surface area contributed by atoms with E-state index < -0.39 is 17.7 Å². The van der Waals surface area contributed by atoms with Crippen molar-refractivity contribution in [3.8, 4) is 0 Å². The fraction of sp³-hybridized carbons (Fsp3) is 0. The van der Waals surface area contributed by atoms with E-state index >= 15 is 0 Å². The molecule has 0 fully saturated rings. The molecule has 7 heteroatoms. The van der Waals surface area contributed by atoms with Crippen LogP contribution in [0.3, 0.4) is 0 Å². The molecule has 0 aliphatic heterocycles. The number of aromatic carboxylic acids is 1. The van der Waals surface area contributed by atoms with Gasteiger partial charge in [0.1, 0.15) is 5.82 Å². The van der Waals surface area contributed by atoms with Crippen LogP contribution in [0.25, 0.3) is 0 Å². The number of benzene rings is 2. The maximum absolute atomic E-state index is 13.3. The van der Waals surface area contributed by atoms with Gasteiger partial charge in [-0.15, -0.1) is 0 Å². The number of halogens is 3. The molecule has 0 bridgehead atoms. The molecule has 0 atom stereocenters. The van der Waals surface area contributed by atoms with Gasteiger partial charge in [-0.1, -0.05) is 27.5 Å². The van der Waals surface area contributed by atoms with Gasteiger partial charge in [0.15, 0.2) is 0 Å². The van der Waals surface area contributed by atoms with Gasteiger partial charge in [-0.2, -0.15) is 0 Å². The van der Waals surface area contributed by atoms with Gasteiger partial charge in [0, 0.05) is 10.0 Å². The Morgan fingerprint density at radius 3 is 2.52 bits per heavy atom. The summed E-state index contributed by atoms with van der Waals surface area (Å²) in [6, 6.07) is 7.93. The van der Waals surface area contributed by atoms with Crippen LogP contribution in [-0.2, 0) is 0 Å². The summed E-state index contributed by atoms with van der Waals surface area (Å²) in [5.74, 6) is -2.54.